The van der Waals surface area contributed by atoms with E-state index in [2.05, 4.69) is 44.0 Å². The summed E-state index contributed by atoms with van der Waals surface area (Å²) in [4.78, 5) is 21.1. The fourth-order valence-corrected chi connectivity index (χ4v) is 4.59. The minimum absolute atomic E-state index is 0.00935. The van der Waals surface area contributed by atoms with Crippen LogP contribution in [0.2, 0.25) is 0 Å². The van der Waals surface area contributed by atoms with E-state index in [0.717, 1.165) is 33.9 Å². The summed E-state index contributed by atoms with van der Waals surface area (Å²) in [7, 11) is 3.26. The lowest BCUT2D eigenvalue weighted by atomic mass is 10.0. The molecule has 0 spiro atoms. The zero-order valence-corrected chi connectivity index (χ0v) is 20.6. The van der Waals surface area contributed by atoms with Gasteiger partial charge in [-0.15, -0.1) is 11.3 Å². The fourth-order valence-electron chi connectivity index (χ4n) is 3.69. The average Bonchev–Trinajstić information content (AvgIpc) is 3.19. The number of hydrogen-bond donors (Lipinski definition) is 0. The second-order valence-electron chi connectivity index (χ2n) is 7.94. The van der Waals surface area contributed by atoms with Gasteiger partial charge in [-0.3, -0.25) is 4.79 Å². The maximum absolute atomic E-state index is 13.6. The van der Waals surface area contributed by atoms with E-state index in [4.69, 9.17) is 9.47 Å². The third-order valence-corrected chi connectivity index (χ3v) is 6.62. The van der Waals surface area contributed by atoms with Crippen LogP contribution in [-0.4, -0.2) is 43.1 Å². The Bertz CT molecular complexity index is 1090. The standard InChI is InChI=1S/C26H32N2O3S/c1-7-13-28(14-12-20-9-11-22(30-5)23(16-20)31-6)26(29)24-25(32-19(4)27-24)21-10-8-17(2)18(3)15-21/h8-11,15-16H,7,12-14H2,1-6H3. The molecule has 0 bridgehead atoms. The van der Waals surface area contributed by atoms with Crippen LogP contribution in [0.4, 0.5) is 0 Å². The van der Waals surface area contributed by atoms with Crippen LogP contribution in [0.5, 0.6) is 11.5 Å². The summed E-state index contributed by atoms with van der Waals surface area (Å²) in [5, 5.41) is 0.901. The highest BCUT2D eigenvalue weighted by molar-refractivity contribution is 7.15. The van der Waals surface area contributed by atoms with Crippen LogP contribution in [0.3, 0.4) is 0 Å². The molecule has 0 aliphatic rings. The molecule has 0 unspecified atom stereocenters. The highest BCUT2D eigenvalue weighted by atomic mass is 32.1. The molecule has 6 heteroatoms. The summed E-state index contributed by atoms with van der Waals surface area (Å²) in [6.45, 7) is 9.55. The Balaban J connectivity index is 1.85. The number of hydrogen-bond acceptors (Lipinski definition) is 5. The number of nitrogens with zero attached hydrogens (tertiary/aromatic N) is 2. The van der Waals surface area contributed by atoms with Crippen molar-refractivity contribution in [2.75, 3.05) is 27.3 Å². The number of thiazole rings is 1. The Hall–Kier alpha value is -2.86. The molecule has 0 fully saturated rings. The van der Waals surface area contributed by atoms with Crippen LogP contribution in [-0.2, 0) is 6.42 Å². The Kier molecular flexibility index (Phi) is 7.91. The van der Waals surface area contributed by atoms with Gasteiger partial charge >= 0.3 is 0 Å². The SMILES string of the molecule is CCCN(CCc1ccc(OC)c(OC)c1)C(=O)c1nc(C)sc1-c1ccc(C)c(C)c1. The average molecular weight is 453 g/mol. The van der Waals surface area contributed by atoms with Crippen LogP contribution in [0.1, 0.15) is 45.5 Å². The molecule has 0 N–H and O–H groups in total. The van der Waals surface area contributed by atoms with E-state index in [0.29, 0.717) is 30.3 Å². The van der Waals surface area contributed by atoms with E-state index in [9.17, 15) is 4.79 Å². The quantitative estimate of drug-likeness (QED) is 0.409. The predicted octanol–water partition coefficient (Wildman–Crippen LogP) is 5.85. The number of aromatic nitrogens is 1. The minimum Gasteiger partial charge on any atom is -0.493 e. The summed E-state index contributed by atoms with van der Waals surface area (Å²) in [6.07, 6.45) is 1.62. The number of rotatable bonds is 9. The van der Waals surface area contributed by atoms with Crippen molar-refractivity contribution in [3.63, 3.8) is 0 Å². The molecule has 2 aromatic carbocycles. The molecule has 1 heterocycles. The van der Waals surface area contributed by atoms with E-state index < -0.39 is 0 Å². The molecular weight excluding hydrogens is 420 g/mol. The van der Waals surface area contributed by atoms with Crippen LogP contribution in [0.15, 0.2) is 36.4 Å². The van der Waals surface area contributed by atoms with Crippen molar-refractivity contribution in [1.29, 1.82) is 0 Å². The Morgan fingerprint density at radius 2 is 1.72 bits per heavy atom. The van der Waals surface area contributed by atoms with Crippen molar-refractivity contribution >= 4 is 17.2 Å². The first-order valence-corrected chi connectivity index (χ1v) is 11.7. The van der Waals surface area contributed by atoms with Gasteiger partial charge in [-0.1, -0.05) is 31.2 Å². The first-order valence-electron chi connectivity index (χ1n) is 10.9. The number of aryl methyl sites for hydroxylation is 3. The molecule has 32 heavy (non-hydrogen) atoms. The van der Waals surface area contributed by atoms with Gasteiger partial charge < -0.3 is 14.4 Å². The first kappa shape index (κ1) is 23.8. The molecule has 0 radical (unpaired) electrons. The lowest BCUT2D eigenvalue weighted by molar-refractivity contribution is 0.0753. The van der Waals surface area contributed by atoms with Gasteiger partial charge in [-0.25, -0.2) is 4.98 Å². The Morgan fingerprint density at radius 3 is 2.38 bits per heavy atom. The monoisotopic (exact) mass is 452 g/mol. The van der Waals surface area contributed by atoms with Crippen LogP contribution >= 0.6 is 11.3 Å². The maximum atomic E-state index is 13.6. The molecule has 0 aliphatic heterocycles. The second-order valence-corrected chi connectivity index (χ2v) is 9.14. The highest BCUT2D eigenvalue weighted by Crippen LogP contribution is 2.32. The number of carbonyl (C=O) groups excluding carboxylic acids is 1. The summed E-state index contributed by atoms with van der Waals surface area (Å²) in [5.74, 6) is 1.39. The lowest BCUT2D eigenvalue weighted by Gasteiger charge is -2.22. The van der Waals surface area contributed by atoms with Gasteiger partial charge in [0.15, 0.2) is 11.5 Å². The van der Waals surface area contributed by atoms with E-state index in [1.807, 2.05) is 30.0 Å². The van der Waals surface area contributed by atoms with E-state index >= 15 is 0 Å². The summed E-state index contributed by atoms with van der Waals surface area (Å²) < 4.78 is 10.7. The van der Waals surface area contributed by atoms with Crippen molar-refractivity contribution in [1.82, 2.24) is 9.88 Å². The molecule has 5 nitrogen and oxygen atoms in total. The minimum atomic E-state index is -0.00935. The zero-order chi connectivity index (χ0) is 23.3. The second kappa shape index (κ2) is 10.6. The third kappa shape index (κ3) is 5.30. The van der Waals surface area contributed by atoms with Crippen LogP contribution in [0.25, 0.3) is 10.4 Å². The van der Waals surface area contributed by atoms with Crippen molar-refractivity contribution in [3.8, 4) is 21.9 Å². The van der Waals surface area contributed by atoms with Crippen molar-refractivity contribution in [2.24, 2.45) is 0 Å². The molecule has 1 amide bonds. The van der Waals surface area contributed by atoms with Gasteiger partial charge in [0.2, 0.25) is 0 Å². The molecule has 0 atom stereocenters. The Morgan fingerprint density at radius 1 is 0.969 bits per heavy atom. The van der Waals surface area contributed by atoms with E-state index in [-0.39, 0.29) is 5.91 Å². The van der Waals surface area contributed by atoms with Crippen molar-refractivity contribution in [3.05, 3.63) is 63.8 Å². The molecule has 0 saturated heterocycles. The molecule has 3 rings (SSSR count). The zero-order valence-electron chi connectivity index (χ0n) is 19.8. The highest BCUT2D eigenvalue weighted by Gasteiger charge is 2.23. The summed E-state index contributed by atoms with van der Waals surface area (Å²) >= 11 is 1.58. The molecule has 0 saturated carbocycles. The maximum Gasteiger partial charge on any atom is 0.274 e. The molecule has 3 aromatic rings. The Labute approximate surface area is 195 Å². The molecule has 0 aliphatic carbocycles. The van der Waals surface area contributed by atoms with E-state index in [1.54, 1.807) is 25.6 Å². The van der Waals surface area contributed by atoms with Gasteiger partial charge in [0.1, 0.15) is 5.69 Å². The third-order valence-electron chi connectivity index (χ3n) is 5.60. The smallest absolute Gasteiger partial charge is 0.274 e. The number of ether oxygens (including phenoxy) is 2. The summed E-state index contributed by atoms with van der Waals surface area (Å²) in [5.41, 5.74) is 5.16. The number of methoxy groups -OCH3 is 2. The van der Waals surface area contributed by atoms with Crippen LogP contribution in [0, 0.1) is 20.8 Å². The number of amides is 1. The normalized spacial score (nSPS) is 10.8. The van der Waals surface area contributed by atoms with Gasteiger partial charge in [0.05, 0.1) is 24.1 Å². The van der Waals surface area contributed by atoms with Gasteiger partial charge in [-0.05, 0) is 68.0 Å². The molecule has 1 aromatic heterocycles. The summed E-state index contributed by atoms with van der Waals surface area (Å²) in [6, 6.07) is 12.2. The molecular formula is C26H32N2O3S. The first-order chi connectivity index (χ1) is 15.4. The van der Waals surface area contributed by atoms with Crippen LogP contribution < -0.4 is 9.47 Å². The lowest BCUT2D eigenvalue weighted by Crippen LogP contribution is -2.34. The molecule has 170 valence electrons. The predicted molar refractivity (Wildman–Crippen MR) is 131 cm³/mol. The topological polar surface area (TPSA) is 51.7 Å². The van der Waals surface area contributed by atoms with Gasteiger partial charge in [0, 0.05) is 13.1 Å². The number of carbonyl (C=O) groups is 1. The van der Waals surface area contributed by atoms with E-state index in [1.165, 1.54) is 11.1 Å². The van der Waals surface area contributed by atoms with Crippen molar-refractivity contribution < 1.29 is 14.3 Å². The number of benzene rings is 2. The largest absolute Gasteiger partial charge is 0.493 e. The fraction of sp³-hybridized carbons (Fsp3) is 0.385. The van der Waals surface area contributed by atoms with Crippen molar-refractivity contribution in [2.45, 2.75) is 40.5 Å². The van der Waals surface area contributed by atoms with Gasteiger partial charge in [-0.2, -0.15) is 0 Å². The van der Waals surface area contributed by atoms with Gasteiger partial charge in [0.25, 0.3) is 5.91 Å².